The van der Waals surface area contributed by atoms with E-state index < -0.39 is 0 Å². The lowest BCUT2D eigenvalue weighted by Crippen LogP contribution is -2.46. The smallest absolute Gasteiger partial charge is 0.194 e. The van der Waals surface area contributed by atoms with E-state index in [1.807, 2.05) is 0 Å². The maximum Gasteiger partial charge on any atom is 0.194 e. The van der Waals surface area contributed by atoms with Crippen LogP contribution in [0, 0.1) is 0 Å². The van der Waals surface area contributed by atoms with Gasteiger partial charge >= 0.3 is 0 Å². The molecule has 0 bridgehead atoms. The van der Waals surface area contributed by atoms with Crippen LogP contribution in [0.4, 0.5) is 0 Å². The van der Waals surface area contributed by atoms with Gasteiger partial charge in [0.05, 0.1) is 6.20 Å². The second-order valence-electron chi connectivity index (χ2n) is 3.99. The Morgan fingerprint density at radius 1 is 1.62 bits per heavy atom. The number of aliphatic imine (C=N–C) groups is 1. The summed E-state index contributed by atoms with van der Waals surface area (Å²) < 4.78 is 5.51. The highest BCUT2D eigenvalue weighted by molar-refractivity contribution is 5.78. The van der Waals surface area contributed by atoms with Gasteiger partial charge in [-0.15, -0.1) is 0 Å². The summed E-state index contributed by atoms with van der Waals surface area (Å²) in [7, 11) is 0. The Hall–Kier alpha value is -1.52. The average Bonchev–Trinajstić information content (AvgIpc) is 2.61. The van der Waals surface area contributed by atoms with Gasteiger partial charge in [0.15, 0.2) is 11.9 Å². The van der Waals surface area contributed by atoms with E-state index in [2.05, 4.69) is 21.8 Å². The molecule has 0 amide bonds. The molecule has 0 spiro atoms. The number of nitrogens with zero attached hydrogens (tertiary/aromatic N) is 3. The Kier molecular flexibility index (Phi) is 3.44. The SMILES string of the molecule is CCCc1ncc(CN=C(N)N2CCC2)o1. The van der Waals surface area contributed by atoms with Crippen LogP contribution in [0.2, 0.25) is 0 Å². The normalized spacial score (nSPS) is 16.3. The molecule has 0 unspecified atom stereocenters. The van der Waals surface area contributed by atoms with Gasteiger partial charge in [0.25, 0.3) is 0 Å². The highest BCUT2D eigenvalue weighted by Crippen LogP contribution is 2.09. The van der Waals surface area contributed by atoms with Gasteiger partial charge in [-0.25, -0.2) is 9.98 Å². The number of guanidine groups is 1. The molecule has 2 rings (SSSR count). The molecule has 5 nitrogen and oxygen atoms in total. The lowest BCUT2D eigenvalue weighted by atomic mass is 10.2. The van der Waals surface area contributed by atoms with Gasteiger partial charge in [-0.2, -0.15) is 0 Å². The zero-order chi connectivity index (χ0) is 11.4. The number of hydrogen-bond acceptors (Lipinski definition) is 3. The number of rotatable bonds is 4. The van der Waals surface area contributed by atoms with Gasteiger partial charge in [-0.3, -0.25) is 0 Å². The van der Waals surface area contributed by atoms with Crippen LogP contribution in [0.1, 0.15) is 31.4 Å². The zero-order valence-electron chi connectivity index (χ0n) is 9.65. The fourth-order valence-corrected chi connectivity index (χ4v) is 1.55. The molecule has 0 aromatic carbocycles. The number of oxazole rings is 1. The van der Waals surface area contributed by atoms with Crippen molar-refractivity contribution in [3.8, 4) is 0 Å². The van der Waals surface area contributed by atoms with E-state index in [0.717, 1.165) is 37.6 Å². The number of aryl methyl sites for hydroxylation is 1. The number of nitrogens with two attached hydrogens (primary N) is 1. The summed E-state index contributed by atoms with van der Waals surface area (Å²) >= 11 is 0. The Bertz CT molecular complexity index is 368. The van der Waals surface area contributed by atoms with Crippen LogP contribution in [-0.2, 0) is 13.0 Å². The first-order chi connectivity index (χ1) is 7.79. The second-order valence-corrected chi connectivity index (χ2v) is 3.99. The third kappa shape index (κ3) is 2.53. The van der Waals surface area contributed by atoms with E-state index in [0.29, 0.717) is 12.5 Å². The van der Waals surface area contributed by atoms with Crippen molar-refractivity contribution in [2.75, 3.05) is 13.1 Å². The van der Waals surface area contributed by atoms with Crippen LogP contribution in [-0.4, -0.2) is 28.9 Å². The van der Waals surface area contributed by atoms with Crippen LogP contribution in [0.15, 0.2) is 15.6 Å². The molecule has 0 radical (unpaired) electrons. The van der Waals surface area contributed by atoms with E-state index in [1.54, 1.807) is 6.20 Å². The van der Waals surface area contributed by atoms with Crippen LogP contribution in [0.25, 0.3) is 0 Å². The molecule has 0 atom stereocenters. The molecule has 1 aliphatic heterocycles. The van der Waals surface area contributed by atoms with Crippen molar-refractivity contribution in [1.82, 2.24) is 9.88 Å². The van der Waals surface area contributed by atoms with E-state index in [1.165, 1.54) is 6.42 Å². The quantitative estimate of drug-likeness (QED) is 0.613. The molecule has 1 saturated heterocycles. The molecule has 88 valence electrons. The molecule has 5 heteroatoms. The maximum atomic E-state index is 5.81. The fraction of sp³-hybridized carbons (Fsp3) is 0.636. The van der Waals surface area contributed by atoms with Crippen molar-refractivity contribution in [3.63, 3.8) is 0 Å². The first-order valence-corrected chi connectivity index (χ1v) is 5.78. The van der Waals surface area contributed by atoms with E-state index in [4.69, 9.17) is 10.2 Å². The van der Waals surface area contributed by atoms with E-state index in [9.17, 15) is 0 Å². The predicted molar refractivity (Wildman–Crippen MR) is 62.0 cm³/mol. The highest BCUT2D eigenvalue weighted by Gasteiger charge is 2.15. The third-order valence-corrected chi connectivity index (χ3v) is 2.64. The van der Waals surface area contributed by atoms with Crippen LogP contribution in [0.5, 0.6) is 0 Å². The molecule has 1 fully saturated rings. The average molecular weight is 222 g/mol. The second kappa shape index (κ2) is 5.01. The molecule has 1 aliphatic rings. The molecule has 1 aromatic rings. The van der Waals surface area contributed by atoms with Gasteiger partial charge in [-0.1, -0.05) is 6.92 Å². The number of likely N-dealkylation sites (tertiary alicyclic amines) is 1. The van der Waals surface area contributed by atoms with Crippen molar-refractivity contribution in [2.45, 2.75) is 32.7 Å². The van der Waals surface area contributed by atoms with Crippen LogP contribution < -0.4 is 5.73 Å². The van der Waals surface area contributed by atoms with Crippen molar-refractivity contribution in [2.24, 2.45) is 10.7 Å². The zero-order valence-corrected chi connectivity index (χ0v) is 9.65. The van der Waals surface area contributed by atoms with Crippen molar-refractivity contribution < 1.29 is 4.42 Å². The molecule has 0 aliphatic carbocycles. The Morgan fingerprint density at radius 3 is 3.06 bits per heavy atom. The minimum absolute atomic E-state index is 0.485. The molecule has 2 heterocycles. The largest absolute Gasteiger partial charge is 0.444 e. The molecule has 2 N–H and O–H groups in total. The summed E-state index contributed by atoms with van der Waals surface area (Å²) in [5.41, 5.74) is 5.81. The van der Waals surface area contributed by atoms with Gasteiger partial charge in [0, 0.05) is 19.5 Å². The van der Waals surface area contributed by atoms with Gasteiger partial charge in [0.2, 0.25) is 0 Å². The summed E-state index contributed by atoms with van der Waals surface area (Å²) in [5.74, 6) is 2.18. The minimum Gasteiger partial charge on any atom is -0.444 e. The summed E-state index contributed by atoms with van der Waals surface area (Å²) in [6.07, 6.45) is 4.86. The topological polar surface area (TPSA) is 67.7 Å². The van der Waals surface area contributed by atoms with Gasteiger partial charge in [-0.05, 0) is 12.8 Å². The fourth-order valence-electron chi connectivity index (χ4n) is 1.55. The summed E-state index contributed by atoms with van der Waals surface area (Å²) in [6, 6.07) is 0. The van der Waals surface area contributed by atoms with Gasteiger partial charge in [0.1, 0.15) is 12.3 Å². The Labute approximate surface area is 95.4 Å². The van der Waals surface area contributed by atoms with Crippen LogP contribution in [0.3, 0.4) is 0 Å². The lowest BCUT2D eigenvalue weighted by molar-refractivity contribution is 0.295. The standard InChI is InChI=1S/C11H18N4O/c1-2-4-10-13-7-9(16-10)8-14-11(12)15-5-3-6-15/h7H,2-6,8H2,1H3,(H2,12,14). The highest BCUT2D eigenvalue weighted by atomic mass is 16.4. The molecular formula is C11H18N4O. The number of aromatic nitrogens is 1. The third-order valence-electron chi connectivity index (χ3n) is 2.64. The Balaban J connectivity index is 1.87. The first-order valence-electron chi connectivity index (χ1n) is 5.78. The number of hydrogen-bond donors (Lipinski definition) is 1. The molecular weight excluding hydrogens is 204 g/mol. The Morgan fingerprint density at radius 2 is 2.44 bits per heavy atom. The lowest BCUT2D eigenvalue weighted by Gasteiger charge is -2.31. The van der Waals surface area contributed by atoms with E-state index >= 15 is 0 Å². The van der Waals surface area contributed by atoms with Gasteiger partial charge < -0.3 is 15.1 Å². The summed E-state index contributed by atoms with van der Waals surface area (Å²) in [6.45, 7) is 4.63. The molecule has 16 heavy (non-hydrogen) atoms. The van der Waals surface area contributed by atoms with Crippen molar-refractivity contribution >= 4 is 5.96 Å². The molecule has 1 aromatic heterocycles. The summed E-state index contributed by atoms with van der Waals surface area (Å²) in [4.78, 5) is 10.5. The van der Waals surface area contributed by atoms with Crippen molar-refractivity contribution in [3.05, 3.63) is 17.8 Å². The monoisotopic (exact) mass is 222 g/mol. The van der Waals surface area contributed by atoms with Crippen LogP contribution >= 0.6 is 0 Å². The predicted octanol–water partition coefficient (Wildman–Crippen LogP) is 1.15. The minimum atomic E-state index is 0.485. The first kappa shape index (κ1) is 11.0. The maximum absolute atomic E-state index is 5.81. The van der Waals surface area contributed by atoms with E-state index in [-0.39, 0.29) is 0 Å². The van der Waals surface area contributed by atoms with Crippen molar-refractivity contribution in [1.29, 1.82) is 0 Å². The summed E-state index contributed by atoms with van der Waals surface area (Å²) in [5, 5.41) is 0. The molecule has 0 saturated carbocycles.